The van der Waals surface area contributed by atoms with Crippen LogP contribution in [0.15, 0.2) is 0 Å². The van der Waals surface area contributed by atoms with Crippen molar-refractivity contribution in [1.29, 1.82) is 0 Å². The summed E-state index contributed by atoms with van der Waals surface area (Å²) in [5.41, 5.74) is 0. The van der Waals surface area contributed by atoms with Gasteiger partial charge in [0.1, 0.15) is 13.2 Å². The van der Waals surface area contributed by atoms with Crippen LogP contribution in [0, 0.1) is 11.8 Å². The number of rotatable bonds is 50. The van der Waals surface area contributed by atoms with Crippen molar-refractivity contribution in [2.75, 3.05) is 13.2 Å². The van der Waals surface area contributed by atoms with Crippen LogP contribution in [0.1, 0.15) is 311 Å². The van der Waals surface area contributed by atoms with Crippen LogP contribution in [0.4, 0.5) is 0 Å². The third kappa shape index (κ3) is 49.4. The van der Waals surface area contributed by atoms with Gasteiger partial charge < -0.3 is 14.2 Å². The topological polar surface area (TPSA) is 78.9 Å². The van der Waals surface area contributed by atoms with Crippen LogP contribution in [-0.4, -0.2) is 37.2 Å². The molecule has 0 radical (unpaired) electrons. The maximum Gasteiger partial charge on any atom is 0.306 e. The number of carbonyl (C=O) groups excluding carboxylic acids is 3. The molecule has 0 N–H and O–H groups in total. The van der Waals surface area contributed by atoms with Gasteiger partial charge in [-0.2, -0.15) is 0 Å². The van der Waals surface area contributed by atoms with E-state index in [2.05, 4.69) is 34.6 Å². The lowest BCUT2D eigenvalue weighted by molar-refractivity contribution is -0.167. The summed E-state index contributed by atoms with van der Waals surface area (Å²) in [6.07, 6.45) is 50.9. The SMILES string of the molecule is CCCCCCCCCCCCCCCC(=O)OC[C@H](COC(=O)CCCCCCCCCCCCCCCCC(C)C)OC(=O)CCCCCCCCCCCCCC(C)C. The molecule has 0 aromatic carbocycles. The predicted molar refractivity (Wildman–Crippen MR) is 266 cm³/mol. The predicted octanol–water partition coefficient (Wildman–Crippen LogP) is 18.1. The van der Waals surface area contributed by atoms with Crippen molar-refractivity contribution in [3.05, 3.63) is 0 Å². The number of hydrogen-bond acceptors (Lipinski definition) is 6. The highest BCUT2D eigenvalue weighted by Gasteiger charge is 2.19. The molecule has 0 unspecified atom stereocenters. The number of hydrogen-bond donors (Lipinski definition) is 0. The molecule has 0 aromatic heterocycles. The summed E-state index contributed by atoms with van der Waals surface area (Å²) in [5.74, 6) is 0.827. The Morgan fingerprint density at radius 1 is 0.306 bits per heavy atom. The van der Waals surface area contributed by atoms with Gasteiger partial charge in [0, 0.05) is 19.3 Å². The highest BCUT2D eigenvalue weighted by Crippen LogP contribution is 2.18. The van der Waals surface area contributed by atoms with Crippen LogP contribution in [0.25, 0.3) is 0 Å². The molecule has 0 spiro atoms. The summed E-state index contributed by atoms with van der Waals surface area (Å²) in [6.45, 7) is 11.4. The monoisotopic (exact) mass is 877 g/mol. The van der Waals surface area contributed by atoms with Gasteiger partial charge in [0.25, 0.3) is 0 Å². The molecule has 368 valence electrons. The van der Waals surface area contributed by atoms with Crippen molar-refractivity contribution < 1.29 is 28.6 Å². The maximum absolute atomic E-state index is 12.8. The van der Waals surface area contributed by atoms with Gasteiger partial charge in [-0.15, -0.1) is 0 Å². The van der Waals surface area contributed by atoms with Gasteiger partial charge in [0.15, 0.2) is 6.10 Å². The first-order valence-corrected chi connectivity index (χ1v) is 27.7. The molecule has 62 heavy (non-hydrogen) atoms. The third-order valence-electron chi connectivity index (χ3n) is 12.7. The number of unbranched alkanes of at least 4 members (excludes halogenated alkanes) is 35. The van der Waals surface area contributed by atoms with E-state index in [1.807, 2.05) is 0 Å². The fraction of sp³-hybridized carbons (Fsp3) is 0.946. The molecule has 0 aliphatic heterocycles. The molecule has 0 aromatic rings. The smallest absolute Gasteiger partial charge is 0.306 e. The second-order valence-corrected chi connectivity index (χ2v) is 20.2. The number of ether oxygens (including phenoxy) is 3. The zero-order valence-corrected chi connectivity index (χ0v) is 42.5. The molecule has 0 bridgehead atoms. The van der Waals surface area contributed by atoms with E-state index in [0.29, 0.717) is 19.3 Å². The van der Waals surface area contributed by atoms with Gasteiger partial charge in [-0.25, -0.2) is 0 Å². The molecule has 1 atom stereocenters. The summed E-state index contributed by atoms with van der Waals surface area (Å²) >= 11 is 0. The Balaban J connectivity index is 4.29. The highest BCUT2D eigenvalue weighted by molar-refractivity contribution is 5.71. The standard InChI is InChI=1S/C56H108O6/c1-6-7-8-9-10-11-12-15-21-26-31-36-41-46-54(57)60-49-53(62-56(59)48-43-38-33-28-23-18-20-25-30-35-40-45-52(4)5)50-61-55(58)47-42-37-32-27-22-17-14-13-16-19-24-29-34-39-44-51(2)3/h51-53H,6-50H2,1-5H3/t53-/m1/s1. The van der Waals surface area contributed by atoms with Crippen LogP contribution < -0.4 is 0 Å². The summed E-state index contributed by atoms with van der Waals surface area (Å²) < 4.78 is 16.9. The van der Waals surface area contributed by atoms with Gasteiger partial charge in [-0.05, 0) is 31.1 Å². The van der Waals surface area contributed by atoms with E-state index < -0.39 is 6.10 Å². The highest BCUT2D eigenvalue weighted by atomic mass is 16.6. The van der Waals surface area contributed by atoms with Crippen LogP contribution in [0.3, 0.4) is 0 Å². The Labute approximate surface area is 387 Å². The average Bonchev–Trinajstić information content (AvgIpc) is 3.24. The van der Waals surface area contributed by atoms with Crippen molar-refractivity contribution in [3.63, 3.8) is 0 Å². The van der Waals surface area contributed by atoms with Crippen LogP contribution in [-0.2, 0) is 28.6 Å². The van der Waals surface area contributed by atoms with E-state index in [4.69, 9.17) is 14.2 Å². The van der Waals surface area contributed by atoms with E-state index in [1.165, 1.54) is 199 Å². The van der Waals surface area contributed by atoms with Crippen molar-refractivity contribution in [2.45, 2.75) is 317 Å². The van der Waals surface area contributed by atoms with Gasteiger partial charge in [0.2, 0.25) is 0 Å². The second kappa shape index (κ2) is 48.9. The third-order valence-corrected chi connectivity index (χ3v) is 12.7. The molecule has 0 saturated carbocycles. The molecular weight excluding hydrogens is 769 g/mol. The molecule has 0 amide bonds. The van der Waals surface area contributed by atoms with Gasteiger partial charge in [0.05, 0.1) is 0 Å². The Hall–Kier alpha value is -1.59. The lowest BCUT2D eigenvalue weighted by atomic mass is 10.0. The van der Waals surface area contributed by atoms with E-state index in [9.17, 15) is 14.4 Å². The molecule has 0 saturated heterocycles. The molecule has 0 heterocycles. The van der Waals surface area contributed by atoms with Gasteiger partial charge in [-0.1, -0.05) is 272 Å². The quantitative estimate of drug-likeness (QED) is 0.0344. The molecule has 0 rings (SSSR count). The van der Waals surface area contributed by atoms with E-state index >= 15 is 0 Å². The van der Waals surface area contributed by atoms with Crippen molar-refractivity contribution in [3.8, 4) is 0 Å². The summed E-state index contributed by atoms with van der Waals surface area (Å²) in [7, 11) is 0. The Morgan fingerprint density at radius 3 is 0.790 bits per heavy atom. The van der Waals surface area contributed by atoms with Crippen LogP contribution >= 0.6 is 0 Å². The van der Waals surface area contributed by atoms with Gasteiger partial charge >= 0.3 is 17.9 Å². The summed E-state index contributed by atoms with van der Waals surface area (Å²) in [4.78, 5) is 38.1. The molecule has 0 aliphatic rings. The fourth-order valence-corrected chi connectivity index (χ4v) is 8.52. The van der Waals surface area contributed by atoms with Crippen LogP contribution in [0.5, 0.6) is 0 Å². The number of esters is 3. The van der Waals surface area contributed by atoms with Gasteiger partial charge in [-0.3, -0.25) is 14.4 Å². The van der Waals surface area contributed by atoms with Crippen LogP contribution in [0.2, 0.25) is 0 Å². The fourth-order valence-electron chi connectivity index (χ4n) is 8.52. The minimum atomic E-state index is -0.762. The van der Waals surface area contributed by atoms with Crippen molar-refractivity contribution in [1.82, 2.24) is 0 Å². The first kappa shape index (κ1) is 60.4. The lowest BCUT2D eigenvalue weighted by Gasteiger charge is -2.18. The Bertz CT molecular complexity index is 947. The molecule has 6 nitrogen and oxygen atoms in total. The minimum Gasteiger partial charge on any atom is -0.462 e. The average molecular weight is 877 g/mol. The first-order chi connectivity index (χ1) is 30.2. The van der Waals surface area contributed by atoms with E-state index in [-0.39, 0.29) is 31.1 Å². The number of carbonyl (C=O) groups is 3. The van der Waals surface area contributed by atoms with Crippen molar-refractivity contribution >= 4 is 17.9 Å². The minimum absolute atomic E-state index is 0.0630. The summed E-state index contributed by atoms with van der Waals surface area (Å²) in [6, 6.07) is 0. The molecule has 6 heteroatoms. The van der Waals surface area contributed by atoms with Crippen molar-refractivity contribution in [2.24, 2.45) is 11.8 Å². The lowest BCUT2D eigenvalue weighted by Crippen LogP contribution is -2.30. The first-order valence-electron chi connectivity index (χ1n) is 27.7. The normalized spacial score (nSPS) is 12.0. The molecular formula is C56H108O6. The Kier molecular flexibility index (Phi) is 47.6. The molecule has 0 fully saturated rings. The zero-order chi connectivity index (χ0) is 45.4. The summed E-state index contributed by atoms with van der Waals surface area (Å²) in [5, 5.41) is 0. The maximum atomic E-state index is 12.8. The van der Waals surface area contributed by atoms with E-state index in [0.717, 1.165) is 69.6 Å². The van der Waals surface area contributed by atoms with E-state index in [1.54, 1.807) is 0 Å². The Morgan fingerprint density at radius 2 is 0.532 bits per heavy atom. The largest absolute Gasteiger partial charge is 0.462 e. The second-order valence-electron chi connectivity index (χ2n) is 20.2. The molecule has 0 aliphatic carbocycles. The zero-order valence-electron chi connectivity index (χ0n) is 42.5.